The number of imide groups is 1. The number of nitrogens with zero attached hydrogens (tertiary/aromatic N) is 2. The number of likely N-dealkylation sites (tertiary alicyclic amines) is 1. The van der Waals surface area contributed by atoms with Gasteiger partial charge in [0.2, 0.25) is 5.91 Å². The SMILES string of the molecule is O=C(O)N1CCCC1[C@@H](C(=O)N1C(=O)OC[C@H]1Cc1ccccc1)c1ccc(C(F)(F)F)c(F)c1. The highest BCUT2D eigenvalue weighted by Gasteiger charge is 2.47. The minimum absolute atomic E-state index is 0.0964. The molecular weight excluding hydrogens is 472 g/mol. The Bertz CT molecular complexity index is 1120. The minimum atomic E-state index is -4.94. The van der Waals surface area contributed by atoms with Gasteiger partial charge in [-0.15, -0.1) is 0 Å². The van der Waals surface area contributed by atoms with Gasteiger partial charge in [0.1, 0.15) is 12.4 Å². The maximum atomic E-state index is 14.5. The number of hydrogen-bond donors (Lipinski definition) is 1. The molecule has 0 aromatic heterocycles. The van der Waals surface area contributed by atoms with E-state index in [-0.39, 0.29) is 31.6 Å². The minimum Gasteiger partial charge on any atom is -0.465 e. The molecule has 3 amide bonds. The van der Waals surface area contributed by atoms with E-state index >= 15 is 0 Å². The number of hydrogen-bond acceptors (Lipinski definition) is 4. The average Bonchev–Trinajstić information content (AvgIpc) is 3.41. The smallest absolute Gasteiger partial charge is 0.419 e. The van der Waals surface area contributed by atoms with Crippen LogP contribution in [0, 0.1) is 5.82 Å². The second-order valence-corrected chi connectivity index (χ2v) is 8.53. The molecule has 11 heteroatoms. The van der Waals surface area contributed by atoms with Gasteiger partial charge in [0.25, 0.3) is 0 Å². The predicted octanol–water partition coefficient (Wildman–Crippen LogP) is 4.66. The summed E-state index contributed by atoms with van der Waals surface area (Å²) in [7, 11) is 0. The molecule has 2 aromatic rings. The third kappa shape index (κ3) is 4.94. The second-order valence-electron chi connectivity index (χ2n) is 8.53. The number of halogens is 4. The molecule has 0 saturated carbocycles. The summed E-state index contributed by atoms with van der Waals surface area (Å²) in [6.45, 7) is 0.00561. The van der Waals surface area contributed by atoms with Crippen LogP contribution in [0.3, 0.4) is 0 Å². The van der Waals surface area contributed by atoms with Crippen molar-refractivity contribution in [2.24, 2.45) is 0 Å². The summed E-state index contributed by atoms with van der Waals surface area (Å²) in [4.78, 5) is 40.0. The van der Waals surface area contributed by atoms with E-state index in [2.05, 4.69) is 0 Å². The lowest BCUT2D eigenvalue weighted by atomic mass is 9.87. The molecule has 2 fully saturated rings. The van der Waals surface area contributed by atoms with Crippen LogP contribution in [0.25, 0.3) is 0 Å². The van der Waals surface area contributed by atoms with Crippen LogP contribution >= 0.6 is 0 Å². The van der Waals surface area contributed by atoms with E-state index in [4.69, 9.17) is 4.74 Å². The average molecular weight is 494 g/mol. The van der Waals surface area contributed by atoms with Crippen molar-refractivity contribution in [1.29, 1.82) is 0 Å². The zero-order chi connectivity index (χ0) is 25.3. The molecule has 7 nitrogen and oxygen atoms in total. The molecule has 2 saturated heterocycles. The largest absolute Gasteiger partial charge is 0.465 e. The summed E-state index contributed by atoms with van der Waals surface area (Å²) in [5.41, 5.74) is -0.827. The molecule has 4 rings (SSSR count). The first kappa shape index (κ1) is 24.5. The van der Waals surface area contributed by atoms with Crippen LogP contribution in [0.15, 0.2) is 48.5 Å². The van der Waals surface area contributed by atoms with Crippen LogP contribution in [-0.2, 0) is 22.1 Å². The molecule has 0 aliphatic carbocycles. The summed E-state index contributed by atoms with van der Waals surface area (Å²) in [5.74, 6) is -3.82. The lowest BCUT2D eigenvalue weighted by Crippen LogP contribution is -2.49. The fourth-order valence-corrected chi connectivity index (χ4v) is 4.78. The fourth-order valence-electron chi connectivity index (χ4n) is 4.78. The molecule has 0 bridgehead atoms. The van der Waals surface area contributed by atoms with Crippen molar-refractivity contribution in [2.75, 3.05) is 13.2 Å². The van der Waals surface area contributed by atoms with Gasteiger partial charge in [-0.25, -0.2) is 18.9 Å². The molecule has 3 atom stereocenters. The van der Waals surface area contributed by atoms with E-state index in [0.717, 1.165) is 21.4 Å². The number of rotatable bonds is 5. The van der Waals surface area contributed by atoms with Crippen molar-refractivity contribution in [3.63, 3.8) is 0 Å². The van der Waals surface area contributed by atoms with Gasteiger partial charge >= 0.3 is 18.4 Å². The molecule has 1 unspecified atom stereocenters. The van der Waals surface area contributed by atoms with E-state index in [9.17, 15) is 37.1 Å². The number of cyclic esters (lactones) is 1. The molecule has 2 aromatic carbocycles. The summed E-state index contributed by atoms with van der Waals surface area (Å²) in [6.07, 6.45) is -6.31. The van der Waals surface area contributed by atoms with Gasteiger partial charge in [0.05, 0.1) is 23.6 Å². The number of carbonyl (C=O) groups excluding carboxylic acids is 2. The maximum Gasteiger partial charge on any atom is 0.419 e. The Kier molecular flexibility index (Phi) is 6.68. The zero-order valence-corrected chi connectivity index (χ0v) is 18.4. The Hall–Kier alpha value is -3.63. The number of carboxylic acid groups (broad SMARTS) is 1. The molecular formula is C24H22F4N2O5. The molecule has 2 aliphatic rings. The summed E-state index contributed by atoms with van der Waals surface area (Å²) < 4.78 is 58.9. The van der Waals surface area contributed by atoms with Gasteiger partial charge in [0, 0.05) is 6.54 Å². The molecule has 0 radical (unpaired) electrons. The monoisotopic (exact) mass is 494 g/mol. The van der Waals surface area contributed by atoms with Crippen molar-refractivity contribution < 1.29 is 41.8 Å². The van der Waals surface area contributed by atoms with Crippen molar-refractivity contribution >= 4 is 18.1 Å². The van der Waals surface area contributed by atoms with E-state index in [1.807, 2.05) is 0 Å². The maximum absolute atomic E-state index is 14.5. The molecule has 35 heavy (non-hydrogen) atoms. The topological polar surface area (TPSA) is 87.2 Å². The van der Waals surface area contributed by atoms with Gasteiger partial charge in [-0.3, -0.25) is 4.79 Å². The van der Waals surface area contributed by atoms with Crippen molar-refractivity contribution in [3.05, 3.63) is 71.0 Å². The first-order chi connectivity index (χ1) is 16.6. The van der Waals surface area contributed by atoms with E-state index in [1.54, 1.807) is 30.3 Å². The number of benzene rings is 2. The normalized spacial score (nSPS) is 21.2. The number of amides is 3. The summed E-state index contributed by atoms with van der Waals surface area (Å²) in [6, 6.07) is 9.37. The Balaban J connectivity index is 1.73. The number of carbonyl (C=O) groups is 3. The van der Waals surface area contributed by atoms with Gasteiger partial charge in [-0.1, -0.05) is 36.4 Å². The molecule has 0 spiro atoms. The summed E-state index contributed by atoms with van der Waals surface area (Å²) in [5, 5.41) is 9.62. The molecule has 2 aliphatic heterocycles. The molecule has 186 valence electrons. The number of ether oxygens (including phenoxy) is 1. The van der Waals surface area contributed by atoms with Crippen LogP contribution in [-0.4, -0.2) is 58.2 Å². The highest BCUT2D eigenvalue weighted by molar-refractivity contribution is 5.98. The van der Waals surface area contributed by atoms with E-state index in [1.165, 1.54) is 0 Å². The third-order valence-corrected chi connectivity index (χ3v) is 6.37. The second kappa shape index (κ2) is 9.55. The van der Waals surface area contributed by atoms with Crippen LogP contribution in [0.4, 0.5) is 27.2 Å². The Morgan fingerprint density at radius 3 is 2.49 bits per heavy atom. The van der Waals surface area contributed by atoms with Crippen molar-refractivity contribution in [1.82, 2.24) is 9.80 Å². The van der Waals surface area contributed by atoms with Crippen LogP contribution in [0.1, 0.15) is 35.4 Å². The van der Waals surface area contributed by atoms with Crippen molar-refractivity contribution in [2.45, 2.75) is 43.4 Å². The van der Waals surface area contributed by atoms with E-state index < -0.39 is 53.7 Å². The van der Waals surface area contributed by atoms with Gasteiger partial charge in [-0.05, 0) is 42.5 Å². The first-order valence-corrected chi connectivity index (χ1v) is 11.0. The van der Waals surface area contributed by atoms with Crippen LogP contribution in [0.5, 0.6) is 0 Å². The quantitative estimate of drug-likeness (QED) is 0.611. The highest BCUT2D eigenvalue weighted by atomic mass is 19.4. The fraction of sp³-hybridized carbons (Fsp3) is 0.375. The standard InChI is InChI=1S/C24H22F4N2O5/c25-18-12-15(8-9-17(18)24(26,27)28)20(19-7-4-10-29(19)22(32)33)21(31)30-16(13-35-23(30)34)11-14-5-2-1-3-6-14/h1-3,5-6,8-9,12,16,19-20H,4,7,10-11,13H2,(H,32,33)/t16-,19?,20+/m1/s1. The highest BCUT2D eigenvalue weighted by Crippen LogP contribution is 2.38. The van der Waals surface area contributed by atoms with Crippen LogP contribution < -0.4 is 0 Å². The van der Waals surface area contributed by atoms with Gasteiger partial charge in [-0.2, -0.15) is 13.2 Å². The molecule has 1 N–H and O–H groups in total. The summed E-state index contributed by atoms with van der Waals surface area (Å²) >= 11 is 0. The predicted molar refractivity (Wildman–Crippen MR) is 114 cm³/mol. The third-order valence-electron chi connectivity index (χ3n) is 6.37. The molecule has 2 heterocycles. The van der Waals surface area contributed by atoms with Gasteiger partial charge < -0.3 is 14.7 Å². The lowest BCUT2D eigenvalue weighted by Gasteiger charge is -2.32. The lowest BCUT2D eigenvalue weighted by molar-refractivity contribution is -0.140. The first-order valence-electron chi connectivity index (χ1n) is 11.0. The number of alkyl halides is 3. The van der Waals surface area contributed by atoms with Crippen LogP contribution in [0.2, 0.25) is 0 Å². The Morgan fingerprint density at radius 1 is 1.14 bits per heavy atom. The zero-order valence-electron chi connectivity index (χ0n) is 18.4. The van der Waals surface area contributed by atoms with Crippen molar-refractivity contribution in [3.8, 4) is 0 Å². The Labute approximate surface area is 197 Å². The van der Waals surface area contributed by atoms with E-state index in [0.29, 0.717) is 18.6 Å². The van der Waals surface area contributed by atoms with Gasteiger partial charge in [0.15, 0.2) is 0 Å². The Morgan fingerprint density at radius 2 is 1.86 bits per heavy atom.